The maximum atomic E-state index is 12.3. The monoisotopic (exact) mass is 264 g/mol. The van der Waals surface area contributed by atoms with E-state index in [4.69, 9.17) is 5.73 Å². The van der Waals surface area contributed by atoms with Gasteiger partial charge in [-0.25, -0.2) is 0 Å². The molecule has 0 saturated carbocycles. The van der Waals surface area contributed by atoms with Crippen molar-refractivity contribution < 1.29 is 9.90 Å². The van der Waals surface area contributed by atoms with Gasteiger partial charge in [0.25, 0.3) is 0 Å². The van der Waals surface area contributed by atoms with E-state index in [0.717, 1.165) is 0 Å². The summed E-state index contributed by atoms with van der Waals surface area (Å²) in [4.78, 5) is 14.1. The van der Waals surface area contributed by atoms with E-state index in [-0.39, 0.29) is 23.5 Å². The Hall–Kier alpha value is -1.55. The number of nitrogens with zero attached hydrogens (tertiary/aromatic N) is 1. The molecule has 1 aromatic rings. The molecular formula is C15H24N2O2. The Balaban J connectivity index is 2.72. The quantitative estimate of drug-likeness (QED) is 0.823. The zero-order chi connectivity index (χ0) is 14.5. The van der Waals surface area contributed by atoms with Crippen molar-refractivity contribution in [3.05, 3.63) is 29.8 Å². The largest absolute Gasteiger partial charge is 0.508 e. The molecular weight excluding hydrogens is 240 g/mol. The molecule has 0 aromatic heterocycles. The number of likely N-dealkylation sites (N-methyl/N-ethyl adjacent to an activating group) is 1. The molecule has 106 valence electrons. The fourth-order valence-corrected chi connectivity index (χ4v) is 1.89. The van der Waals surface area contributed by atoms with Crippen molar-refractivity contribution in [3.63, 3.8) is 0 Å². The fraction of sp³-hybridized carbons (Fsp3) is 0.533. The third-order valence-corrected chi connectivity index (χ3v) is 3.24. The lowest BCUT2D eigenvalue weighted by atomic mass is 9.93. The number of nitrogens with two attached hydrogens (primary N) is 1. The predicted octanol–water partition coefficient (Wildman–Crippen LogP) is 1.77. The van der Waals surface area contributed by atoms with E-state index >= 15 is 0 Å². The van der Waals surface area contributed by atoms with Gasteiger partial charge < -0.3 is 15.7 Å². The molecule has 0 fully saturated rings. The van der Waals surface area contributed by atoms with Gasteiger partial charge in [-0.05, 0) is 24.9 Å². The van der Waals surface area contributed by atoms with E-state index < -0.39 is 0 Å². The van der Waals surface area contributed by atoms with E-state index in [9.17, 15) is 9.90 Å². The topological polar surface area (TPSA) is 66.6 Å². The van der Waals surface area contributed by atoms with Crippen molar-refractivity contribution in [2.45, 2.75) is 27.2 Å². The number of rotatable bonds is 6. The highest BCUT2D eigenvalue weighted by Crippen LogP contribution is 2.19. The van der Waals surface area contributed by atoms with Crippen molar-refractivity contribution >= 4 is 5.91 Å². The summed E-state index contributed by atoms with van der Waals surface area (Å²) in [6.07, 6.45) is 0.223. The van der Waals surface area contributed by atoms with Crippen LogP contribution >= 0.6 is 0 Å². The summed E-state index contributed by atoms with van der Waals surface area (Å²) in [5, 5.41) is 9.70. The lowest BCUT2D eigenvalue weighted by Gasteiger charge is -2.31. The van der Waals surface area contributed by atoms with Crippen molar-refractivity contribution in [2.75, 3.05) is 19.6 Å². The smallest absolute Gasteiger partial charge is 0.227 e. The fourth-order valence-electron chi connectivity index (χ4n) is 1.89. The molecule has 0 unspecified atom stereocenters. The van der Waals surface area contributed by atoms with Gasteiger partial charge in [0.05, 0.1) is 6.42 Å². The normalized spacial score (nSPS) is 11.4. The molecule has 1 aromatic carbocycles. The summed E-state index contributed by atoms with van der Waals surface area (Å²) in [5.41, 5.74) is 6.28. The SMILES string of the molecule is CCN(CC(C)(C)CN)C(=O)Cc1ccccc1O. The average Bonchev–Trinajstić information content (AvgIpc) is 2.38. The Bertz CT molecular complexity index is 430. The lowest BCUT2D eigenvalue weighted by Crippen LogP contribution is -2.42. The van der Waals surface area contributed by atoms with Gasteiger partial charge in [-0.1, -0.05) is 32.0 Å². The minimum atomic E-state index is -0.0929. The third kappa shape index (κ3) is 4.56. The number of para-hydroxylation sites is 1. The van der Waals surface area contributed by atoms with Gasteiger partial charge in [-0.2, -0.15) is 0 Å². The first-order valence-electron chi connectivity index (χ1n) is 6.64. The van der Waals surface area contributed by atoms with Crippen LogP contribution in [0.15, 0.2) is 24.3 Å². The lowest BCUT2D eigenvalue weighted by molar-refractivity contribution is -0.131. The summed E-state index contributed by atoms with van der Waals surface area (Å²) in [7, 11) is 0. The van der Waals surface area contributed by atoms with Crippen LogP contribution in [0.3, 0.4) is 0 Å². The molecule has 0 spiro atoms. The highest BCUT2D eigenvalue weighted by atomic mass is 16.3. The molecule has 0 aliphatic rings. The Labute approximate surface area is 115 Å². The van der Waals surface area contributed by atoms with Crippen LogP contribution in [-0.2, 0) is 11.2 Å². The second-order valence-corrected chi connectivity index (χ2v) is 5.58. The van der Waals surface area contributed by atoms with Crippen LogP contribution in [0.1, 0.15) is 26.3 Å². The molecule has 1 rings (SSSR count). The highest BCUT2D eigenvalue weighted by molar-refractivity contribution is 5.79. The number of phenolic OH excluding ortho intramolecular Hbond substituents is 1. The van der Waals surface area contributed by atoms with E-state index in [2.05, 4.69) is 0 Å². The first kappa shape index (κ1) is 15.5. The molecule has 4 nitrogen and oxygen atoms in total. The summed E-state index contributed by atoms with van der Waals surface area (Å²) in [6.45, 7) is 7.86. The summed E-state index contributed by atoms with van der Waals surface area (Å²) < 4.78 is 0. The maximum absolute atomic E-state index is 12.3. The van der Waals surface area contributed by atoms with Gasteiger partial charge >= 0.3 is 0 Å². The Morgan fingerprint density at radius 2 is 2.00 bits per heavy atom. The summed E-state index contributed by atoms with van der Waals surface area (Å²) in [6, 6.07) is 6.94. The minimum Gasteiger partial charge on any atom is -0.508 e. The van der Waals surface area contributed by atoms with Gasteiger partial charge in [0.15, 0.2) is 0 Å². The van der Waals surface area contributed by atoms with Crippen LogP contribution < -0.4 is 5.73 Å². The summed E-state index contributed by atoms with van der Waals surface area (Å²) in [5.74, 6) is 0.190. The number of carbonyl (C=O) groups excluding carboxylic acids is 1. The molecule has 0 saturated heterocycles. The van der Waals surface area contributed by atoms with Gasteiger partial charge in [0.2, 0.25) is 5.91 Å². The molecule has 3 N–H and O–H groups in total. The molecule has 4 heteroatoms. The van der Waals surface area contributed by atoms with E-state index in [1.807, 2.05) is 26.8 Å². The number of carbonyl (C=O) groups is 1. The molecule has 0 heterocycles. The van der Waals surface area contributed by atoms with Crippen LogP contribution in [0.4, 0.5) is 0 Å². The van der Waals surface area contributed by atoms with E-state index in [1.165, 1.54) is 0 Å². The maximum Gasteiger partial charge on any atom is 0.227 e. The number of aromatic hydroxyl groups is 1. The highest BCUT2D eigenvalue weighted by Gasteiger charge is 2.23. The van der Waals surface area contributed by atoms with Crippen LogP contribution in [0.2, 0.25) is 0 Å². The zero-order valence-electron chi connectivity index (χ0n) is 12.0. The second-order valence-electron chi connectivity index (χ2n) is 5.58. The minimum absolute atomic E-state index is 0.0190. The van der Waals surface area contributed by atoms with Gasteiger partial charge in [0.1, 0.15) is 5.75 Å². The number of phenols is 1. The van der Waals surface area contributed by atoms with Gasteiger partial charge in [-0.15, -0.1) is 0 Å². The molecule has 0 atom stereocenters. The van der Waals surface area contributed by atoms with Crippen molar-refractivity contribution in [1.82, 2.24) is 4.90 Å². The Morgan fingerprint density at radius 3 is 2.53 bits per heavy atom. The first-order chi connectivity index (χ1) is 8.89. The van der Waals surface area contributed by atoms with Crippen molar-refractivity contribution in [3.8, 4) is 5.75 Å². The summed E-state index contributed by atoms with van der Waals surface area (Å²) >= 11 is 0. The predicted molar refractivity (Wildman–Crippen MR) is 76.9 cm³/mol. The van der Waals surface area contributed by atoms with Crippen molar-refractivity contribution in [1.29, 1.82) is 0 Å². The van der Waals surface area contributed by atoms with Crippen LogP contribution in [-0.4, -0.2) is 35.5 Å². The molecule has 19 heavy (non-hydrogen) atoms. The van der Waals surface area contributed by atoms with E-state index in [1.54, 1.807) is 23.1 Å². The zero-order valence-corrected chi connectivity index (χ0v) is 12.0. The standard InChI is InChI=1S/C15H24N2O2/c1-4-17(11-15(2,3)10-16)14(19)9-12-7-5-6-8-13(12)18/h5-8,18H,4,9-11,16H2,1-3H3. The molecule has 0 bridgehead atoms. The van der Waals surface area contributed by atoms with Crippen LogP contribution in [0, 0.1) is 5.41 Å². The molecule has 0 radical (unpaired) electrons. The number of hydrogen-bond acceptors (Lipinski definition) is 3. The number of amides is 1. The Kier molecular flexibility index (Phi) is 5.36. The molecule has 0 aliphatic carbocycles. The molecule has 0 aliphatic heterocycles. The third-order valence-electron chi connectivity index (χ3n) is 3.24. The van der Waals surface area contributed by atoms with Gasteiger partial charge in [-0.3, -0.25) is 4.79 Å². The second kappa shape index (κ2) is 6.57. The average molecular weight is 264 g/mol. The van der Waals surface area contributed by atoms with Crippen molar-refractivity contribution in [2.24, 2.45) is 11.1 Å². The first-order valence-corrected chi connectivity index (χ1v) is 6.64. The number of benzene rings is 1. The molecule has 1 amide bonds. The van der Waals surface area contributed by atoms with Gasteiger partial charge in [0, 0.05) is 18.7 Å². The van der Waals surface area contributed by atoms with Crippen LogP contribution in [0.25, 0.3) is 0 Å². The Morgan fingerprint density at radius 1 is 1.37 bits per heavy atom. The number of hydrogen-bond donors (Lipinski definition) is 2. The van der Waals surface area contributed by atoms with E-state index in [0.29, 0.717) is 25.2 Å². The van der Waals surface area contributed by atoms with Crippen LogP contribution in [0.5, 0.6) is 5.75 Å².